The van der Waals surface area contributed by atoms with E-state index < -0.39 is 17.7 Å². The molecule has 3 rings (SSSR count). The molecule has 3 aromatic rings. The van der Waals surface area contributed by atoms with Crippen molar-refractivity contribution in [1.29, 1.82) is 0 Å². The molecule has 6 heteroatoms. The molecule has 4 nitrogen and oxygen atoms in total. The summed E-state index contributed by atoms with van der Waals surface area (Å²) in [6, 6.07) is 17.1. The zero-order chi connectivity index (χ0) is 18.7. The summed E-state index contributed by atoms with van der Waals surface area (Å²) < 4.78 is 13.9. The molecule has 0 aliphatic heterocycles. The van der Waals surface area contributed by atoms with E-state index in [9.17, 15) is 19.1 Å². The lowest BCUT2D eigenvalue weighted by Gasteiger charge is -2.13. The van der Waals surface area contributed by atoms with Crippen LogP contribution in [0.25, 0.3) is 11.1 Å². The minimum absolute atomic E-state index is 0.00900. The summed E-state index contributed by atoms with van der Waals surface area (Å²) in [6.07, 6.45) is 0. The summed E-state index contributed by atoms with van der Waals surface area (Å²) >= 11 is 3.34. The number of hydrogen-bond acceptors (Lipinski definition) is 2. The van der Waals surface area contributed by atoms with E-state index in [1.54, 1.807) is 24.3 Å². The zero-order valence-corrected chi connectivity index (χ0v) is 15.0. The predicted molar refractivity (Wildman–Crippen MR) is 101 cm³/mol. The molecule has 0 fully saturated rings. The number of carboxylic acids is 1. The van der Waals surface area contributed by atoms with E-state index in [1.807, 2.05) is 12.1 Å². The maximum atomic E-state index is 13.0. The van der Waals surface area contributed by atoms with Gasteiger partial charge in [0.2, 0.25) is 0 Å². The molecule has 0 unspecified atom stereocenters. The number of rotatable bonds is 4. The van der Waals surface area contributed by atoms with E-state index in [4.69, 9.17) is 0 Å². The molecule has 0 aromatic heterocycles. The second-order valence-electron chi connectivity index (χ2n) is 5.50. The number of nitrogens with one attached hydrogen (secondary N) is 1. The third-order valence-corrected chi connectivity index (χ3v) is 4.32. The Morgan fingerprint density at radius 3 is 2.19 bits per heavy atom. The maximum Gasteiger partial charge on any atom is 0.338 e. The zero-order valence-electron chi connectivity index (χ0n) is 13.4. The molecule has 3 aromatic carbocycles. The Kier molecular flexibility index (Phi) is 5.14. The van der Waals surface area contributed by atoms with Crippen molar-refractivity contribution in [2.45, 2.75) is 0 Å². The highest BCUT2D eigenvalue weighted by Crippen LogP contribution is 2.30. The van der Waals surface area contributed by atoms with Crippen molar-refractivity contribution in [3.05, 3.63) is 88.1 Å². The molecule has 0 bridgehead atoms. The topological polar surface area (TPSA) is 66.4 Å². The number of amides is 1. The number of halogens is 2. The van der Waals surface area contributed by atoms with Crippen LogP contribution in [-0.4, -0.2) is 17.0 Å². The monoisotopic (exact) mass is 413 g/mol. The summed E-state index contributed by atoms with van der Waals surface area (Å²) in [4.78, 5) is 24.2. The summed E-state index contributed by atoms with van der Waals surface area (Å²) in [5.41, 5.74) is 1.60. The molecule has 0 radical (unpaired) electrons. The lowest BCUT2D eigenvalue weighted by molar-refractivity contribution is 0.0699. The van der Waals surface area contributed by atoms with Crippen LogP contribution in [0.4, 0.5) is 10.1 Å². The number of carbonyl (C=O) groups is 2. The van der Waals surface area contributed by atoms with Crippen LogP contribution in [0.2, 0.25) is 0 Å². The fourth-order valence-corrected chi connectivity index (χ4v) is 2.82. The smallest absolute Gasteiger partial charge is 0.338 e. The Morgan fingerprint density at radius 1 is 0.923 bits per heavy atom. The van der Waals surface area contributed by atoms with Gasteiger partial charge in [0.05, 0.1) is 11.3 Å². The summed E-state index contributed by atoms with van der Waals surface area (Å²) in [7, 11) is 0. The van der Waals surface area contributed by atoms with Crippen molar-refractivity contribution in [1.82, 2.24) is 0 Å². The Bertz CT molecular complexity index is 969. The summed E-state index contributed by atoms with van der Waals surface area (Å²) in [6.45, 7) is 0. The highest BCUT2D eigenvalue weighted by atomic mass is 79.9. The molecule has 0 aliphatic carbocycles. The van der Waals surface area contributed by atoms with Crippen molar-refractivity contribution in [2.24, 2.45) is 0 Å². The van der Waals surface area contributed by atoms with E-state index in [1.165, 1.54) is 30.3 Å². The first-order valence-corrected chi connectivity index (χ1v) is 8.44. The van der Waals surface area contributed by atoms with Gasteiger partial charge in [0.1, 0.15) is 5.82 Å². The molecule has 26 heavy (non-hydrogen) atoms. The van der Waals surface area contributed by atoms with Crippen LogP contribution < -0.4 is 5.32 Å². The van der Waals surface area contributed by atoms with Gasteiger partial charge in [-0.3, -0.25) is 4.79 Å². The maximum absolute atomic E-state index is 13.0. The van der Waals surface area contributed by atoms with E-state index >= 15 is 0 Å². The molecule has 0 atom stereocenters. The van der Waals surface area contributed by atoms with Crippen LogP contribution in [0, 0.1) is 5.82 Å². The first kappa shape index (κ1) is 17.8. The van der Waals surface area contributed by atoms with Crippen LogP contribution >= 0.6 is 15.9 Å². The second-order valence-corrected chi connectivity index (χ2v) is 6.42. The van der Waals surface area contributed by atoms with Crippen molar-refractivity contribution in [3.8, 4) is 11.1 Å². The highest BCUT2D eigenvalue weighted by Gasteiger charge is 2.18. The number of benzene rings is 3. The fourth-order valence-electron chi connectivity index (χ4n) is 2.55. The Hall–Kier alpha value is -2.99. The van der Waals surface area contributed by atoms with E-state index in [0.717, 1.165) is 4.47 Å². The number of carboxylic acid groups (broad SMARTS) is 1. The molecule has 0 saturated heterocycles. The molecular formula is C20H13BrFNO3. The van der Waals surface area contributed by atoms with Crippen molar-refractivity contribution in [2.75, 3.05) is 5.32 Å². The van der Waals surface area contributed by atoms with Gasteiger partial charge in [0, 0.05) is 10.0 Å². The van der Waals surface area contributed by atoms with Crippen molar-refractivity contribution >= 4 is 33.5 Å². The Labute approximate surface area is 157 Å². The third-order valence-electron chi connectivity index (χ3n) is 3.79. The molecule has 0 aliphatic rings. The predicted octanol–water partition coefficient (Wildman–Crippen LogP) is 5.21. The number of aromatic carboxylic acids is 1. The van der Waals surface area contributed by atoms with Gasteiger partial charge in [0.15, 0.2) is 0 Å². The van der Waals surface area contributed by atoms with Crippen LogP contribution in [0.5, 0.6) is 0 Å². The molecule has 130 valence electrons. The third kappa shape index (κ3) is 3.81. The van der Waals surface area contributed by atoms with Crippen LogP contribution in [-0.2, 0) is 0 Å². The lowest BCUT2D eigenvalue weighted by atomic mass is 9.98. The molecule has 0 spiro atoms. The molecular weight excluding hydrogens is 401 g/mol. The molecule has 0 saturated carbocycles. The first-order chi connectivity index (χ1) is 12.5. The standard InChI is InChI=1S/C20H13BrFNO3/c21-14-8-4-12(5-9-14)16-2-1-3-17(18(16)20(25)26)23-19(24)13-6-10-15(22)11-7-13/h1-11H,(H,23,24)(H,25,26). The normalized spacial score (nSPS) is 10.4. The van der Waals surface area contributed by atoms with Gasteiger partial charge in [-0.05, 0) is 53.6 Å². The van der Waals surface area contributed by atoms with Crippen molar-refractivity contribution < 1.29 is 19.1 Å². The van der Waals surface area contributed by atoms with Gasteiger partial charge in [-0.2, -0.15) is 0 Å². The van der Waals surface area contributed by atoms with E-state index in [0.29, 0.717) is 11.1 Å². The van der Waals surface area contributed by atoms with Gasteiger partial charge in [0.25, 0.3) is 5.91 Å². The number of carbonyl (C=O) groups excluding carboxylic acids is 1. The second kappa shape index (κ2) is 7.49. The Morgan fingerprint density at radius 2 is 1.58 bits per heavy atom. The number of anilines is 1. The Balaban J connectivity index is 2.00. The molecule has 2 N–H and O–H groups in total. The first-order valence-electron chi connectivity index (χ1n) is 7.65. The van der Waals surface area contributed by atoms with Crippen LogP contribution in [0.3, 0.4) is 0 Å². The van der Waals surface area contributed by atoms with E-state index in [-0.39, 0.29) is 16.8 Å². The van der Waals surface area contributed by atoms with Gasteiger partial charge < -0.3 is 10.4 Å². The number of hydrogen-bond donors (Lipinski definition) is 2. The minimum atomic E-state index is -1.15. The van der Waals surface area contributed by atoms with Gasteiger partial charge >= 0.3 is 5.97 Å². The minimum Gasteiger partial charge on any atom is -0.478 e. The average molecular weight is 414 g/mol. The fraction of sp³-hybridized carbons (Fsp3) is 0. The van der Waals surface area contributed by atoms with Gasteiger partial charge in [-0.25, -0.2) is 9.18 Å². The molecule has 1 amide bonds. The van der Waals surface area contributed by atoms with Crippen molar-refractivity contribution in [3.63, 3.8) is 0 Å². The van der Waals surface area contributed by atoms with Gasteiger partial charge in [-0.15, -0.1) is 0 Å². The summed E-state index contributed by atoms with van der Waals surface area (Å²) in [5, 5.41) is 12.3. The SMILES string of the molecule is O=C(Nc1cccc(-c2ccc(Br)cc2)c1C(=O)O)c1ccc(F)cc1. The lowest BCUT2D eigenvalue weighted by Crippen LogP contribution is -2.15. The van der Waals surface area contributed by atoms with Gasteiger partial charge in [-0.1, -0.05) is 40.2 Å². The summed E-state index contributed by atoms with van der Waals surface area (Å²) in [5.74, 6) is -2.12. The van der Waals surface area contributed by atoms with Crippen LogP contribution in [0.15, 0.2) is 71.2 Å². The largest absolute Gasteiger partial charge is 0.478 e. The quantitative estimate of drug-likeness (QED) is 0.617. The highest BCUT2D eigenvalue weighted by molar-refractivity contribution is 9.10. The average Bonchev–Trinajstić information content (AvgIpc) is 2.62. The van der Waals surface area contributed by atoms with Crippen LogP contribution in [0.1, 0.15) is 20.7 Å². The molecule has 0 heterocycles. The van der Waals surface area contributed by atoms with E-state index in [2.05, 4.69) is 21.2 Å².